The second-order valence-corrected chi connectivity index (χ2v) is 8.52. The molecule has 0 saturated carbocycles. The first kappa shape index (κ1) is 18.1. The van der Waals surface area contributed by atoms with Crippen LogP contribution in [0.25, 0.3) is 11.0 Å². The predicted octanol–water partition coefficient (Wildman–Crippen LogP) is 4.09. The fraction of sp³-hybridized carbons (Fsp3) is 0.261. The minimum Gasteiger partial charge on any atom is -0.338 e. The van der Waals surface area contributed by atoms with Crippen LogP contribution in [0.3, 0.4) is 0 Å². The lowest BCUT2D eigenvalue weighted by atomic mass is 10.0. The number of aromatic nitrogens is 3. The smallest absolute Gasteiger partial charge is 0.254 e. The molecule has 1 aromatic carbocycles. The van der Waals surface area contributed by atoms with E-state index in [0.29, 0.717) is 12.1 Å². The highest BCUT2D eigenvalue weighted by atomic mass is 32.1. The van der Waals surface area contributed by atoms with E-state index in [1.54, 1.807) is 17.5 Å². The Morgan fingerprint density at radius 1 is 1.10 bits per heavy atom. The monoisotopic (exact) mass is 402 g/mol. The van der Waals surface area contributed by atoms with Gasteiger partial charge in [0, 0.05) is 23.7 Å². The fourth-order valence-corrected chi connectivity index (χ4v) is 4.74. The van der Waals surface area contributed by atoms with E-state index >= 15 is 0 Å². The first-order valence-corrected chi connectivity index (χ1v) is 10.8. The SMILES string of the molecule is Cc1cc(C(=O)N2CCc3ccccc3CC2)c2cnn(Cc3cccs3)c2n1. The quantitative estimate of drug-likeness (QED) is 0.519. The molecule has 0 bridgehead atoms. The molecule has 29 heavy (non-hydrogen) atoms. The van der Waals surface area contributed by atoms with Gasteiger partial charge in [-0.15, -0.1) is 11.3 Å². The van der Waals surface area contributed by atoms with E-state index in [1.165, 1.54) is 16.0 Å². The Morgan fingerprint density at radius 2 is 1.86 bits per heavy atom. The molecule has 146 valence electrons. The molecule has 0 N–H and O–H groups in total. The molecule has 0 saturated heterocycles. The summed E-state index contributed by atoms with van der Waals surface area (Å²) in [5, 5.41) is 7.43. The number of pyridine rings is 1. The van der Waals surface area contributed by atoms with Crippen LogP contribution in [0.1, 0.15) is 32.1 Å². The second-order valence-electron chi connectivity index (χ2n) is 7.49. The molecule has 0 aliphatic carbocycles. The summed E-state index contributed by atoms with van der Waals surface area (Å²) >= 11 is 1.70. The van der Waals surface area contributed by atoms with Crippen molar-refractivity contribution in [2.24, 2.45) is 0 Å². The van der Waals surface area contributed by atoms with Crippen LogP contribution in [-0.2, 0) is 19.4 Å². The molecule has 5 nitrogen and oxygen atoms in total. The third-order valence-electron chi connectivity index (χ3n) is 5.56. The maximum Gasteiger partial charge on any atom is 0.254 e. The Kier molecular flexibility index (Phi) is 4.64. The minimum absolute atomic E-state index is 0.0731. The van der Waals surface area contributed by atoms with Crippen LogP contribution in [0, 0.1) is 6.92 Å². The van der Waals surface area contributed by atoms with E-state index in [-0.39, 0.29) is 5.91 Å². The Balaban J connectivity index is 1.47. The molecular weight excluding hydrogens is 380 g/mol. The number of carbonyl (C=O) groups is 1. The lowest BCUT2D eigenvalue weighted by molar-refractivity contribution is 0.0765. The first-order chi connectivity index (χ1) is 14.2. The van der Waals surface area contributed by atoms with Crippen LogP contribution in [0.2, 0.25) is 0 Å². The number of rotatable bonds is 3. The highest BCUT2D eigenvalue weighted by Crippen LogP contribution is 2.23. The summed E-state index contributed by atoms with van der Waals surface area (Å²) in [7, 11) is 0. The molecule has 1 amide bonds. The molecule has 6 heteroatoms. The molecule has 0 spiro atoms. The third-order valence-corrected chi connectivity index (χ3v) is 6.42. The summed E-state index contributed by atoms with van der Waals surface area (Å²) in [5.74, 6) is 0.0731. The van der Waals surface area contributed by atoms with Gasteiger partial charge in [0.2, 0.25) is 0 Å². The van der Waals surface area contributed by atoms with Crippen molar-refractivity contribution in [2.45, 2.75) is 26.3 Å². The second kappa shape index (κ2) is 7.44. The molecule has 4 aromatic rings. The van der Waals surface area contributed by atoms with Gasteiger partial charge in [-0.05, 0) is 48.4 Å². The zero-order valence-corrected chi connectivity index (χ0v) is 17.2. The molecule has 3 aromatic heterocycles. The van der Waals surface area contributed by atoms with Gasteiger partial charge < -0.3 is 4.90 Å². The number of fused-ring (bicyclic) bond motifs is 2. The lowest BCUT2D eigenvalue weighted by Crippen LogP contribution is -2.33. The van der Waals surface area contributed by atoms with E-state index < -0.39 is 0 Å². The summed E-state index contributed by atoms with van der Waals surface area (Å²) in [6.07, 6.45) is 3.58. The Morgan fingerprint density at radius 3 is 2.55 bits per heavy atom. The topological polar surface area (TPSA) is 51.0 Å². The predicted molar refractivity (Wildman–Crippen MR) is 115 cm³/mol. The molecule has 1 aliphatic rings. The van der Waals surface area contributed by atoms with Gasteiger partial charge in [-0.2, -0.15) is 5.10 Å². The van der Waals surface area contributed by atoms with Crippen LogP contribution in [0.15, 0.2) is 54.0 Å². The number of benzene rings is 1. The van der Waals surface area contributed by atoms with Crippen molar-refractivity contribution in [3.63, 3.8) is 0 Å². The van der Waals surface area contributed by atoms with Crippen molar-refractivity contribution in [1.82, 2.24) is 19.7 Å². The maximum atomic E-state index is 13.5. The molecule has 5 rings (SSSR count). The van der Waals surface area contributed by atoms with Crippen molar-refractivity contribution in [2.75, 3.05) is 13.1 Å². The number of carbonyl (C=O) groups excluding carboxylic acids is 1. The number of hydrogen-bond donors (Lipinski definition) is 0. The maximum absolute atomic E-state index is 13.5. The summed E-state index contributed by atoms with van der Waals surface area (Å²) in [6, 6.07) is 14.5. The number of aryl methyl sites for hydroxylation is 1. The molecule has 1 aliphatic heterocycles. The Bertz CT molecular complexity index is 1150. The lowest BCUT2D eigenvalue weighted by Gasteiger charge is -2.21. The van der Waals surface area contributed by atoms with Crippen LogP contribution in [0.4, 0.5) is 0 Å². The van der Waals surface area contributed by atoms with Crippen molar-refractivity contribution < 1.29 is 4.79 Å². The summed E-state index contributed by atoms with van der Waals surface area (Å²) < 4.78 is 1.89. The molecule has 0 fully saturated rings. The van der Waals surface area contributed by atoms with Gasteiger partial charge >= 0.3 is 0 Å². The molecule has 4 heterocycles. The minimum atomic E-state index is 0.0731. The van der Waals surface area contributed by atoms with E-state index in [0.717, 1.165) is 42.7 Å². The van der Waals surface area contributed by atoms with Crippen molar-refractivity contribution in [1.29, 1.82) is 0 Å². The van der Waals surface area contributed by atoms with Gasteiger partial charge in [-0.3, -0.25) is 4.79 Å². The van der Waals surface area contributed by atoms with Crippen LogP contribution in [0.5, 0.6) is 0 Å². The van der Waals surface area contributed by atoms with Crippen molar-refractivity contribution in [3.8, 4) is 0 Å². The van der Waals surface area contributed by atoms with Gasteiger partial charge in [-0.25, -0.2) is 9.67 Å². The van der Waals surface area contributed by atoms with Crippen LogP contribution >= 0.6 is 11.3 Å². The summed E-state index contributed by atoms with van der Waals surface area (Å²) in [5.41, 5.74) is 5.02. The highest BCUT2D eigenvalue weighted by molar-refractivity contribution is 7.09. The van der Waals surface area contributed by atoms with Gasteiger partial charge in [0.15, 0.2) is 5.65 Å². The van der Waals surface area contributed by atoms with Crippen molar-refractivity contribution >= 4 is 28.3 Å². The number of amides is 1. The molecule has 0 radical (unpaired) electrons. The molecular formula is C23H22N4OS. The van der Waals surface area contributed by atoms with Gasteiger partial charge in [-0.1, -0.05) is 30.3 Å². The van der Waals surface area contributed by atoms with Gasteiger partial charge in [0.05, 0.1) is 23.7 Å². The standard InChI is InChI=1S/C23H22N4OS/c1-16-13-20(21-14-24-27(22(21)25-16)15-19-7-4-12-29-19)23(28)26-10-8-17-5-2-3-6-18(17)9-11-26/h2-7,12-14H,8-11,15H2,1H3. The third kappa shape index (κ3) is 3.44. The van der Waals surface area contributed by atoms with Gasteiger partial charge in [0.25, 0.3) is 5.91 Å². The Hall–Kier alpha value is -2.99. The average Bonchev–Trinajstić information content (AvgIpc) is 3.33. The normalized spacial score (nSPS) is 14.0. The molecule has 0 atom stereocenters. The van der Waals surface area contributed by atoms with Crippen molar-refractivity contribution in [3.05, 3.63) is 81.3 Å². The largest absolute Gasteiger partial charge is 0.338 e. The van der Waals surface area contributed by atoms with Gasteiger partial charge in [0.1, 0.15) is 0 Å². The first-order valence-electron chi connectivity index (χ1n) is 9.90. The fourth-order valence-electron chi connectivity index (χ4n) is 4.06. The summed E-state index contributed by atoms with van der Waals surface area (Å²) in [4.78, 5) is 21.3. The highest BCUT2D eigenvalue weighted by Gasteiger charge is 2.23. The van der Waals surface area contributed by atoms with Crippen LogP contribution in [-0.4, -0.2) is 38.7 Å². The average molecular weight is 403 g/mol. The number of nitrogens with zero attached hydrogens (tertiary/aromatic N) is 4. The van der Waals surface area contributed by atoms with E-state index in [4.69, 9.17) is 0 Å². The van der Waals surface area contributed by atoms with E-state index in [2.05, 4.69) is 45.8 Å². The van der Waals surface area contributed by atoms with E-state index in [9.17, 15) is 4.79 Å². The zero-order valence-electron chi connectivity index (χ0n) is 16.3. The van der Waals surface area contributed by atoms with E-state index in [1.807, 2.05) is 28.6 Å². The van der Waals surface area contributed by atoms with Crippen LogP contribution < -0.4 is 0 Å². The number of thiophene rings is 1. The number of hydrogen-bond acceptors (Lipinski definition) is 4. The summed E-state index contributed by atoms with van der Waals surface area (Å²) in [6.45, 7) is 4.09. The zero-order chi connectivity index (χ0) is 19.8. The Labute approximate surface area is 173 Å². The molecule has 0 unspecified atom stereocenters.